The summed E-state index contributed by atoms with van der Waals surface area (Å²) in [6.45, 7) is 0. The zero-order valence-corrected chi connectivity index (χ0v) is 18.2. The van der Waals surface area contributed by atoms with Crippen molar-refractivity contribution in [1.29, 1.82) is 0 Å². The van der Waals surface area contributed by atoms with Gasteiger partial charge < -0.3 is 14.6 Å². The second kappa shape index (κ2) is 8.63. The number of thiophene rings is 1. The van der Waals surface area contributed by atoms with E-state index in [1.54, 1.807) is 6.07 Å². The minimum absolute atomic E-state index is 0.00439. The zero-order chi connectivity index (χ0) is 22.1. The molecule has 0 fully saturated rings. The van der Waals surface area contributed by atoms with Crippen molar-refractivity contribution < 1.29 is 32.2 Å². The Morgan fingerprint density at radius 1 is 1.17 bits per heavy atom. The van der Waals surface area contributed by atoms with E-state index in [9.17, 15) is 22.7 Å². The van der Waals surface area contributed by atoms with Gasteiger partial charge in [0.2, 0.25) is 0 Å². The first kappa shape index (κ1) is 22.1. The van der Waals surface area contributed by atoms with Crippen LogP contribution in [-0.4, -0.2) is 33.7 Å². The standard InChI is InChI=1S/C20H16ClFO6S2/c1-27-17-6-4-12(8-15(17)22)14-9-18(29-19(14)21)30(25,26)10-11-3-5-13(16(23)7-11)20(24)28-2/h3-9,23H,10H2,1-2H3. The summed E-state index contributed by atoms with van der Waals surface area (Å²) < 4.78 is 49.3. The average molecular weight is 471 g/mol. The Balaban J connectivity index is 1.91. The normalized spacial score (nSPS) is 11.3. The van der Waals surface area contributed by atoms with Crippen molar-refractivity contribution in [3.63, 3.8) is 0 Å². The topological polar surface area (TPSA) is 89.9 Å². The summed E-state index contributed by atoms with van der Waals surface area (Å²) in [7, 11) is -1.30. The van der Waals surface area contributed by atoms with Crippen LogP contribution in [0.4, 0.5) is 4.39 Å². The van der Waals surface area contributed by atoms with Crippen LogP contribution in [0.1, 0.15) is 15.9 Å². The summed E-state index contributed by atoms with van der Waals surface area (Å²) in [5.74, 6) is -2.07. The molecule has 0 radical (unpaired) electrons. The van der Waals surface area contributed by atoms with Gasteiger partial charge in [0.05, 0.1) is 20.0 Å². The van der Waals surface area contributed by atoms with E-state index in [1.165, 1.54) is 50.6 Å². The largest absolute Gasteiger partial charge is 0.507 e. The van der Waals surface area contributed by atoms with Gasteiger partial charge in [0.15, 0.2) is 21.4 Å². The molecule has 3 rings (SSSR count). The van der Waals surface area contributed by atoms with Gasteiger partial charge in [0.1, 0.15) is 19.9 Å². The van der Waals surface area contributed by atoms with Crippen LogP contribution < -0.4 is 4.74 Å². The van der Waals surface area contributed by atoms with Gasteiger partial charge in [-0.05, 0) is 41.5 Å². The molecule has 1 aromatic heterocycles. The van der Waals surface area contributed by atoms with Gasteiger partial charge in [-0.25, -0.2) is 17.6 Å². The monoisotopic (exact) mass is 470 g/mol. The van der Waals surface area contributed by atoms with Crippen LogP contribution in [0.15, 0.2) is 46.7 Å². The van der Waals surface area contributed by atoms with E-state index >= 15 is 0 Å². The van der Waals surface area contributed by atoms with Gasteiger partial charge in [-0.1, -0.05) is 23.7 Å². The molecule has 1 N–H and O–H groups in total. The highest BCUT2D eigenvalue weighted by molar-refractivity contribution is 7.92. The van der Waals surface area contributed by atoms with E-state index in [0.717, 1.165) is 11.3 Å². The fraction of sp³-hybridized carbons (Fsp3) is 0.150. The lowest BCUT2D eigenvalue weighted by atomic mass is 10.1. The molecule has 0 aliphatic heterocycles. The Morgan fingerprint density at radius 3 is 2.50 bits per heavy atom. The summed E-state index contributed by atoms with van der Waals surface area (Å²) in [5.41, 5.74) is 1.00. The van der Waals surface area contributed by atoms with E-state index in [0.29, 0.717) is 11.1 Å². The van der Waals surface area contributed by atoms with Crippen LogP contribution >= 0.6 is 22.9 Å². The molecule has 2 aromatic carbocycles. The molecule has 1 heterocycles. The molecular formula is C20H16ClFO6S2. The smallest absolute Gasteiger partial charge is 0.341 e. The maximum atomic E-state index is 14.0. The van der Waals surface area contributed by atoms with Crippen LogP contribution in [0, 0.1) is 5.82 Å². The van der Waals surface area contributed by atoms with Crippen molar-refractivity contribution in [3.05, 3.63) is 63.7 Å². The number of hydrogen-bond donors (Lipinski definition) is 1. The van der Waals surface area contributed by atoms with Crippen LogP contribution in [0.5, 0.6) is 11.5 Å². The molecule has 0 spiro atoms. The van der Waals surface area contributed by atoms with Crippen LogP contribution in [0.2, 0.25) is 4.34 Å². The molecule has 10 heteroatoms. The number of aromatic hydroxyl groups is 1. The minimum atomic E-state index is -3.81. The van der Waals surface area contributed by atoms with E-state index in [2.05, 4.69) is 4.74 Å². The van der Waals surface area contributed by atoms with Crippen molar-refractivity contribution >= 4 is 38.7 Å². The highest BCUT2D eigenvalue weighted by Gasteiger charge is 2.23. The number of carbonyl (C=O) groups excluding carboxylic acids is 1. The Bertz CT molecular complexity index is 1220. The molecule has 0 amide bonds. The predicted octanol–water partition coefficient (Wildman–Crippen LogP) is 4.68. The minimum Gasteiger partial charge on any atom is -0.507 e. The first-order valence-electron chi connectivity index (χ1n) is 8.42. The third-order valence-corrected chi connectivity index (χ3v) is 7.87. The van der Waals surface area contributed by atoms with Gasteiger partial charge in [-0.15, -0.1) is 11.3 Å². The van der Waals surface area contributed by atoms with E-state index in [1.807, 2.05) is 0 Å². The highest BCUT2D eigenvalue weighted by atomic mass is 35.5. The number of phenolic OH excluding ortho intramolecular Hbond substituents is 1. The molecule has 30 heavy (non-hydrogen) atoms. The first-order valence-corrected chi connectivity index (χ1v) is 11.3. The van der Waals surface area contributed by atoms with E-state index < -0.39 is 27.4 Å². The van der Waals surface area contributed by atoms with E-state index in [-0.39, 0.29) is 31.2 Å². The predicted molar refractivity (Wildman–Crippen MR) is 112 cm³/mol. The molecule has 0 atom stereocenters. The molecule has 0 bridgehead atoms. The molecule has 0 saturated heterocycles. The number of sulfone groups is 1. The Kier molecular flexibility index (Phi) is 6.35. The fourth-order valence-corrected chi connectivity index (χ4v) is 5.95. The molecule has 6 nitrogen and oxygen atoms in total. The average Bonchev–Trinajstić information content (AvgIpc) is 3.10. The molecule has 0 saturated carbocycles. The number of esters is 1. The fourth-order valence-electron chi connectivity index (χ4n) is 2.77. The molecule has 0 aliphatic rings. The summed E-state index contributed by atoms with van der Waals surface area (Å²) in [6, 6.07) is 9.50. The van der Waals surface area contributed by atoms with Gasteiger partial charge in [-0.3, -0.25) is 0 Å². The van der Waals surface area contributed by atoms with Gasteiger partial charge in [0.25, 0.3) is 0 Å². The highest BCUT2D eigenvalue weighted by Crippen LogP contribution is 2.40. The lowest BCUT2D eigenvalue weighted by molar-refractivity contribution is 0.0597. The number of halogens is 2. The Labute approximate surface area is 181 Å². The quantitative estimate of drug-likeness (QED) is 0.526. The number of ether oxygens (including phenoxy) is 2. The van der Waals surface area contributed by atoms with Crippen LogP contribution in [0.3, 0.4) is 0 Å². The van der Waals surface area contributed by atoms with Crippen molar-refractivity contribution in [3.8, 4) is 22.6 Å². The van der Waals surface area contributed by atoms with E-state index in [4.69, 9.17) is 16.3 Å². The van der Waals surface area contributed by atoms with Gasteiger partial charge in [-0.2, -0.15) is 0 Å². The number of carbonyl (C=O) groups is 1. The number of methoxy groups -OCH3 is 2. The molecule has 158 valence electrons. The lowest BCUT2D eigenvalue weighted by Crippen LogP contribution is -2.05. The number of benzene rings is 2. The lowest BCUT2D eigenvalue weighted by Gasteiger charge is -2.06. The maximum Gasteiger partial charge on any atom is 0.341 e. The summed E-state index contributed by atoms with van der Waals surface area (Å²) in [5, 5.41) is 9.97. The van der Waals surface area contributed by atoms with Crippen LogP contribution in [-0.2, 0) is 20.3 Å². The third-order valence-electron chi connectivity index (χ3n) is 4.26. The first-order chi connectivity index (χ1) is 14.2. The second-order valence-corrected chi connectivity index (χ2v) is 10.1. The summed E-state index contributed by atoms with van der Waals surface area (Å²) in [6.07, 6.45) is 0. The molecule has 3 aromatic rings. The SMILES string of the molecule is COC(=O)c1ccc(CS(=O)(=O)c2cc(-c3ccc(OC)c(F)c3)c(Cl)s2)cc1O. The van der Waals surface area contributed by atoms with Crippen molar-refractivity contribution in [1.82, 2.24) is 0 Å². The molecule has 0 unspecified atom stereocenters. The number of hydrogen-bond acceptors (Lipinski definition) is 7. The maximum absolute atomic E-state index is 14.0. The zero-order valence-electron chi connectivity index (χ0n) is 15.8. The van der Waals surface area contributed by atoms with Gasteiger partial charge >= 0.3 is 5.97 Å². The number of phenols is 1. The molecular weight excluding hydrogens is 455 g/mol. The number of rotatable bonds is 6. The van der Waals surface area contributed by atoms with Crippen molar-refractivity contribution in [2.24, 2.45) is 0 Å². The molecule has 0 aliphatic carbocycles. The summed E-state index contributed by atoms with van der Waals surface area (Å²) >= 11 is 7.07. The third kappa shape index (κ3) is 4.43. The van der Waals surface area contributed by atoms with Crippen LogP contribution in [0.25, 0.3) is 11.1 Å². The Hall–Kier alpha value is -2.62. The van der Waals surface area contributed by atoms with Crippen molar-refractivity contribution in [2.45, 2.75) is 9.96 Å². The Morgan fingerprint density at radius 2 is 1.90 bits per heavy atom. The second-order valence-electron chi connectivity index (χ2n) is 6.20. The van der Waals surface area contributed by atoms with Gasteiger partial charge in [0, 0.05) is 5.56 Å². The van der Waals surface area contributed by atoms with Crippen molar-refractivity contribution in [2.75, 3.05) is 14.2 Å². The summed E-state index contributed by atoms with van der Waals surface area (Å²) in [4.78, 5) is 11.5.